The molecule has 0 aliphatic heterocycles. The minimum atomic E-state index is -0.871. The second-order valence-corrected chi connectivity index (χ2v) is 5.70. The maximum absolute atomic E-state index is 12.1. The number of aliphatic carboxylic acids is 1. The zero-order chi connectivity index (χ0) is 15.3. The summed E-state index contributed by atoms with van der Waals surface area (Å²) in [6, 6.07) is 0. The van der Waals surface area contributed by atoms with Crippen molar-refractivity contribution in [2.24, 2.45) is 0 Å². The lowest BCUT2D eigenvalue weighted by Gasteiger charge is -2.37. The maximum Gasteiger partial charge on any atom is 0.305 e. The summed E-state index contributed by atoms with van der Waals surface area (Å²) >= 11 is 0. The third-order valence-electron chi connectivity index (χ3n) is 3.84. The number of carboxylic acid groups (broad SMARTS) is 1. The highest BCUT2D eigenvalue weighted by atomic mass is 16.5. The monoisotopic (exact) mass is 295 g/mol. The molecule has 7 heteroatoms. The average Bonchev–Trinajstić information content (AvgIpc) is 2.82. The van der Waals surface area contributed by atoms with Crippen LogP contribution in [0.25, 0.3) is 0 Å². The molecule has 0 atom stereocenters. The minimum absolute atomic E-state index is 0.0155. The van der Waals surface area contributed by atoms with E-state index >= 15 is 0 Å². The molecule has 0 aromatic carbocycles. The first-order valence-electron chi connectivity index (χ1n) is 7.31. The van der Waals surface area contributed by atoms with E-state index in [0.717, 1.165) is 32.1 Å². The molecule has 0 spiro atoms. The van der Waals surface area contributed by atoms with E-state index in [-0.39, 0.29) is 18.7 Å². The molecule has 1 aromatic rings. The SMILES string of the molecule is Cc1noc(CCC(=O)NC2(CC(=O)O)CCCCC2)n1. The second kappa shape index (κ2) is 6.69. The summed E-state index contributed by atoms with van der Waals surface area (Å²) in [5, 5.41) is 15.7. The number of aryl methyl sites for hydroxylation is 2. The summed E-state index contributed by atoms with van der Waals surface area (Å²) in [5.41, 5.74) is -0.591. The normalized spacial score (nSPS) is 17.4. The highest BCUT2D eigenvalue weighted by Gasteiger charge is 2.35. The van der Waals surface area contributed by atoms with Gasteiger partial charge in [0.1, 0.15) is 0 Å². The molecule has 2 N–H and O–H groups in total. The number of aromatic nitrogens is 2. The van der Waals surface area contributed by atoms with Crippen molar-refractivity contribution in [1.29, 1.82) is 0 Å². The van der Waals surface area contributed by atoms with Crippen LogP contribution >= 0.6 is 0 Å². The number of amides is 1. The lowest BCUT2D eigenvalue weighted by Crippen LogP contribution is -2.51. The van der Waals surface area contributed by atoms with Gasteiger partial charge in [-0.25, -0.2) is 0 Å². The van der Waals surface area contributed by atoms with Gasteiger partial charge in [-0.3, -0.25) is 9.59 Å². The summed E-state index contributed by atoms with van der Waals surface area (Å²) < 4.78 is 4.96. The maximum atomic E-state index is 12.1. The van der Waals surface area contributed by atoms with Gasteiger partial charge in [0.25, 0.3) is 0 Å². The Bertz CT molecular complexity index is 506. The fourth-order valence-corrected chi connectivity index (χ4v) is 2.88. The molecule has 1 amide bonds. The summed E-state index contributed by atoms with van der Waals surface area (Å²) in [5.74, 6) is -0.0580. The van der Waals surface area contributed by atoms with E-state index in [4.69, 9.17) is 9.63 Å². The van der Waals surface area contributed by atoms with Crippen LogP contribution in [0.5, 0.6) is 0 Å². The predicted octanol–water partition coefficient (Wildman–Crippen LogP) is 1.60. The van der Waals surface area contributed by atoms with Crippen LogP contribution in [0.15, 0.2) is 4.52 Å². The van der Waals surface area contributed by atoms with E-state index in [0.29, 0.717) is 18.1 Å². The summed E-state index contributed by atoms with van der Waals surface area (Å²) in [4.78, 5) is 27.2. The summed E-state index contributed by atoms with van der Waals surface area (Å²) in [6.45, 7) is 1.72. The van der Waals surface area contributed by atoms with Crippen LogP contribution in [0, 0.1) is 6.92 Å². The fourth-order valence-electron chi connectivity index (χ4n) is 2.88. The number of rotatable bonds is 6. The van der Waals surface area contributed by atoms with Crippen molar-refractivity contribution in [3.8, 4) is 0 Å². The lowest BCUT2D eigenvalue weighted by atomic mass is 9.79. The van der Waals surface area contributed by atoms with Crippen LogP contribution < -0.4 is 5.32 Å². The van der Waals surface area contributed by atoms with Crippen LogP contribution in [0.4, 0.5) is 0 Å². The van der Waals surface area contributed by atoms with E-state index in [1.54, 1.807) is 6.92 Å². The number of nitrogens with one attached hydrogen (secondary N) is 1. The van der Waals surface area contributed by atoms with Crippen molar-refractivity contribution < 1.29 is 19.2 Å². The topological polar surface area (TPSA) is 105 Å². The molecule has 7 nitrogen and oxygen atoms in total. The molecule has 116 valence electrons. The van der Waals surface area contributed by atoms with Crippen molar-refractivity contribution in [2.75, 3.05) is 0 Å². The van der Waals surface area contributed by atoms with E-state index in [1.165, 1.54) is 0 Å². The van der Waals surface area contributed by atoms with Gasteiger partial charge in [-0.15, -0.1) is 0 Å². The fraction of sp³-hybridized carbons (Fsp3) is 0.714. The van der Waals surface area contributed by atoms with Gasteiger partial charge in [0, 0.05) is 12.8 Å². The Morgan fingerprint density at radius 3 is 2.62 bits per heavy atom. The van der Waals surface area contributed by atoms with E-state index in [9.17, 15) is 9.59 Å². The Morgan fingerprint density at radius 1 is 1.33 bits per heavy atom. The minimum Gasteiger partial charge on any atom is -0.481 e. The van der Waals surface area contributed by atoms with Crippen molar-refractivity contribution in [1.82, 2.24) is 15.5 Å². The highest BCUT2D eigenvalue weighted by Crippen LogP contribution is 2.31. The molecular weight excluding hydrogens is 274 g/mol. The molecule has 21 heavy (non-hydrogen) atoms. The quantitative estimate of drug-likeness (QED) is 0.826. The largest absolute Gasteiger partial charge is 0.481 e. The van der Waals surface area contributed by atoms with Crippen molar-refractivity contribution >= 4 is 11.9 Å². The smallest absolute Gasteiger partial charge is 0.305 e. The van der Waals surface area contributed by atoms with Gasteiger partial charge < -0.3 is 14.9 Å². The Kier molecular flexibility index (Phi) is 4.93. The van der Waals surface area contributed by atoms with Crippen molar-refractivity contribution in [2.45, 2.75) is 63.8 Å². The van der Waals surface area contributed by atoms with Gasteiger partial charge in [0.2, 0.25) is 11.8 Å². The van der Waals surface area contributed by atoms with Crippen molar-refractivity contribution in [3.63, 3.8) is 0 Å². The Hall–Kier alpha value is -1.92. The van der Waals surface area contributed by atoms with E-state index in [2.05, 4.69) is 15.5 Å². The zero-order valence-corrected chi connectivity index (χ0v) is 12.2. The van der Waals surface area contributed by atoms with Crippen LogP contribution in [0.2, 0.25) is 0 Å². The number of carbonyl (C=O) groups is 2. The van der Waals surface area contributed by atoms with Gasteiger partial charge >= 0.3 is 5.97 Å². The first-order valence-corrected chi connectivity index (χ1v) is 7.31. The van der Waals surface area contributed by atoms with Gasteiger partial charge in [0.15, 0.2) is 5.82 Å². The van der Waals surface area contributed by atoms with Crippen LogP contribution in [0.3, 0.4) is 0 Å². The van der Waals surface area contributed by atoms with Gasteiger partial charge in [-0.1, -0.05) is 24.4 Å². The van der Waals surface area contributed by atoms with Crippen LogP contribution in [0.1, 0.15) is 56.7 Å². The molecule has 1 fully saturated rings. The molecule has 1 aliphatic rings. The Morgan fingerprint density at radius 2 is 2.05 bits per heavy atom. The molecule has 1 saturated carbocycles. The predicted molar refractivity (Wildman–Crippen MR) is 73.6 cm³/mol. The number of nitrogens with zero attached hydrogens (tertiary/aromatic N) is 2. The zero-order valence-electron chi connectivity index (χ0n) is 12.2. The molecule has 2 rings (SSSR count). The third-order valence-corrected chi connectivity index (χ3v) is 3.84. The van der Waals surface area contributed by atoms with E-state index < -0.39 is 11.5 Å². The second-order valence-electron chi connectivity index (χ2n) is 5.70. The van der Waals surface area contributed by atoms with Crippen molar-refractivity contribution in [3.05, 3.63) is 11.7 Å². The van der Waals surface area contributed by atoms with E-state index in [1.807, 2.05) is 0 Å². The molecule has 1 aliphatic carbocycles. The van der Waals surface area contributed by atoms with Gasteiger partial charge in [0.05, 0.1) is 12.0 Å². The number of hydrogen-bond donors (Lipinski definition) is 2. The van der Waals surface area contributed by atoms with Gasteiger partial charge in [-0.2, -0.15) is 4.98 Å². The average molecular weight is 295 g/mol. The molecule has 0 saturated heterocycles. The molecule has 0 bridgehead atoms. The molecule has 0 unspecified atom stereocenters. The molecule has 0 radical (unpaired) electrons. The lowest BCUT2D eigenvalue weighted by molar-refractivity contribution is -0.139. The molecular formula is C14H21N3O4. The number of carboxylic acids is 1. The number of hydrogen-bond acceptors (Lipinski definition) is 5. The van der Waals surface area contributed by atoms with Crippen LogP contribution in [-0.4, -0.2) is 32.7 Å². The highest BCUT2D eigenvalue weighted by molar-refractivity contribution is 5.78. The third kappa shape index (κ3) is 4.54. The Labute approximate surface area is 123 Å². The number of carbonyl (C=O) groups excluding carboxylic acids is 1. The van der Waals surface area contributed by atoms with Gasteiger partial charge in [-0.05, 0) is 19.8 Å². The molecule has 1 heterocycles. The Balaban J connectivity index is 1.89. The summed E-state index contributed by atoms with van der Waals surface area (Å²) in [7, 11) is 0. The molecule has 1 aromatic heterocycles. The summed E-state index contributed by atoms with van der Waals surface area (Å²) in [6.07, 6.45) is 5.04. The first-order chi connectivity index (χ1) is 9.99. The standard InChI is InChI=1S/C14H21N3O4/c1-10-15-12(21-17-10)6-5-11(18)16-14(9-13(19)20)7-3-2-4-8-14/h2-9H2,1H3,(H,16,18)(H,19,20). The first kappa shape index (κ1) is 15.5. The van der Waals surface area contributed by atoms with Crippen LogP contribution in [-0.2, 0) is 16.0 Å².